The molecule has 102 valence electrons. The molecule has 0 saturated heterocycles. The second-order valence-corrected chi connectivity index (χ2v) is 6.56. The first kappa shape index (κ1) is 15.0. The van der Waals surface area contributed by atoms with Gasteiger partial charge in [-0.3, -0.25) is 4.98 Å². The molecule has 1 aromatic heterocycles. The van der Waals surface area contributed by atoms with E-state index in [1.807, 2.05) is 0 Å². The standard InChI is InChI=1S/C12H19FN2O2S/c1-3-18(16,17)9-5-7-11(14-2)12-10(13)6-4-8-15-12/h4,6,8,11,14H,3,5,7,9H2,1-2H3. The molecule has 1 atom stereocenters. The summed E-state index contributed by atoms with van der Waals surface area (Å²) in [4.78, 5) is 4.00. The number of nitrogens with one attached hydrogen (secondary N) is 1. The molecule has 0 saturated carbocycles. The van der Waals surface area contributed by atoms with Gasteiger partial charge < -0.3 is 5.32 Å². The Bertz CT molecular complexity index is 477. The molecule has 1 N–H and O–H groups in total. The van der Waals surface area contributed by atoms with Crippen molar-refractivity contribution in [3.05, 3.63) is 29.8 Å². The van der Waals surface area contributed by atoms with Crippen LogP contribution in [0.3, 0.4) is 0 Å². The third-order valence-electron chi connectivity index (χ3n) is 2.85. The number of pyridine rings is 1. The van der Waals surface area contributed by atoms with Gasteiger partial charge in [0.15, 0.2) is 0 Å². The minimum Gasteiger partial charge on any atom is -0.312 e. The topological polar surface area (TPSA) is 59.1 Å². The molecule has 4 nitrogen and oxygen atoms in total. The molecular weight excluding hydrogens is 255 g/mol. The first-order chi connectivity index (χ1) is 8.50. The van der Waals surface area contributed by atoms with Crippen LogP contribution >= 0.6 is 0 Å². The van der Waals surface area contributed by atoms with Gasteiger partial charge in [0.25, 0.3) is 0 Å². The van der Waals surface area contributed by atoms with Crippen molar-refractivity contribution in [1.29, 1.82) is 0 Å². The van der Waals surface area contributed by atoms with Crippen LogP contribution in [0.2, 0.25) is 0 Å². The summed E-state index contributed by atoms with van der Waals surface area (Å²) in [6.45, 7) is 1.63. The lowest BCUT2D eigenvalue weighted by molar-refractivity contribution is 0.487. The monoisotopic (exact) mass is 274 g/mol. The summed E-state index contributed by atoms with van der Waals surface area (Å²) >= 11 is 0. The third-order valence-corrected chi connectivity index (χ3v) is 4.64. The van der Waals surface area contributed by atoms with Gasteiger partial charge >= 0.3 is 0 Å². The number of rotatable bonds is 7. The van der Waals surface area contributed by atoms with E-state index in [9.17, 15) is 12.8 Å². The number of aromatic nitrogens is 1. The van der Waals surface area contributed by atoms with E-state index in [-0.39, 0.29) is 23.4 Å². The van der Waals surface area contributed by atoms with Crippen molar-refractivity contribution in [2.75, 3.05) is 18.6 Å². The Kier molecular flexibility index (Phi) is 5.68. The molecule has 0 aliphatic carbocycles. The van der Waals surface area contributed by atoms with Gasteiger partial charge in [-0.05, 0) is 32.0 Å². The Morgan fingerprint density at radius 3 is 2.78 bits per heavy atom. The SMILES string of the molecule is CCS(=O)(=O)CCCC(NC)c1ncccc1F. The van der Waals surface area contributed by atoms with E-state index in [1.165, 1.54) is 18.3 Å². The molecule has 0 amide bonds. The Hall–Kier alpha value is -1.01. The van der Waals surface area contributed by atoms with E-state index >= 15 is 0 Å². The Balaban J connectivity index is 2.61. The molecule has 0 radical (unpaired) electrons. The smallest absolute Gasteiger partial charge is 0.150 e. The summed E-state index contributed by atoms with van der Waals surface area (Å²) in [5.74, 6) is -0.0825. The van der Waals surface area contributed by atoms with E-state index in [2.05, 4.69) is 10.3 Å². The zero-order chi connectivity index (χ0) is 13.6. The number of nitrogens with zero attached hydrogens (tertiary/aromatic N) is 1. The van der Waals surface area contributed by atoms with Crippen LogP contribution in [0.5, 0.6) is 0 Å². The van der Waals surface area contributed by atoms with Gasteiger partial charge in [-0.15, -0.1) is 0 Å². The summed E-state index contributed by atoms with van der Waals surface area (Å²) < 4.78 is 36.3. The molecule has 18 heavy (non-hydrogen) atoms. The average molecular weight is 274 g/mol. The largest absolute Gasteiger partial charge is 0.312 e. The van der Waals surface area contributed by atoms with Crippen LogP contribution in [0.4, 0.5) is 4.39 Å². The predicted molar refractivity (Wildman–Crippen MR) is 69.6 cm³/mol. The van der Waals surface area contributed by atoms with E-state index < -0.39 is 9.84 Å². The predicted octanol–water partition coefficient (Wildman–Crippen LogP) is 1.70. The van der Waals surface area contributed by atoms with Crippen LogP contribution in [-0.4, -0.2) is 32.0 Å². The first-order valence-electron chi connectivity index (χ1n) is 5.98. The highest BCUT2D eigenvalue weighted by molar-refractivity contribution is 7.91. The fourth-order valence-electron chi connectivity index (χ4n) is 1.72. The molecule has 0 aliphatic heterocycles. The number of hydrogen-bond donors (Lipinski definition) is 1. The second-order valence-electron chi connectivity index (χ2n) is 4.09. The van der Waals surface area contributed by atoms with Crippen LogP contribution in [0.1, 0.15) is 31.5 Å². The van der Waals surface area contributed by atoms with E-state index in [0.717, 1.165) is 0 Å². The molecule has 1 rings (SSSR count). The van der Waals surface area contributed by atoms with E-state index in [4.69, 9.17) is 0 Å². The molecule has 0 spiro atoms. The summed E-state index contributed by atoms with van der Waals surface area (Å²) in [5.41, 5.74) is 0.342. The average Bonchev–Trinajstić information content (AvgIpc) is 2.36. The minimum atomic E-state index is -2.96. The van der Waals surface area contributed by atoms with Crippen molar-refractivity contribution in [1.82, 2.24) is 10.3 Å². The summed E-state index contributed by atoms with van der Waals surface area (Å²) in [5, 5.41) is 2.97. The van der Waals surface area contributed by atoms with Crippen molar-refractivity contribution in [2.45, 2.75) is 25.8 Å². The highest BCUT2D eigenvalue weighted by atomic mass is 32.2. The molecule has 1 aromatic rings. The van der Waals surface area contributed by atoms with Crippen molar-refractivity contribution >= 4 is 9.84 Å². The highest BCUT2D eigenvalue weighted by Crippen LogP contribution is 2.19. The van der Waals surface area contributed by atoms with Crippen molar-refractivity contribution in [2.24, 2.45) is 0 Å². The van der Waals surface area contributed by atoms with Gasteiger partial charge in [0.2, 0.25) is 0 Å². The molecule has 6 heteroatoms. The van der Waals surface area contributed by atoms with Crippen LogP contribution < -0.4 is 5.32 Å². The van der Waals surface area contributed by atoms with Crippen molar-refractivity contribution < 1.29 is 12.8 Å². The van der Waals surface area contributed by atoms with Gasteiger partial charge in [-0.1, -0.05) is 6.92 Å². The maximum atomic E-state index is 13.5. The zero-order valence-corrected chi connectivity index (χ0v) is 11.5. The second kappa shape index (κ2) is 6.80. The Morgan fingerprint density at radius 2 is 2.22 bits per heavy atom. The van der Waals surface area contributed by atoms with Gasteiger partial charge in [-0.2, -0.15) is 0 Å². The molecule has 0 aliphatic rings. The summed E-state index contributed by atoms with van der Waals surface area (Å²) in [6.07, 6.45) is 2.58. The maximum Gasteiger partial charge on any atom is 0.150 e. The summed E-state index contributed by atoms with van der Waals surface area (Å²) in [7, 11) is -1.24. The molecule has 1 unspecified atom stereocenters. The van der Waals surface area contributed by atoms with Crippen LogP contribution in [0.25, 0.3) is 0 Å². The van der Waals surface area contributed by atoms with Gasteiger partial charge in [0.1, 0.15) is 15.7 Å². The quantitative estimate of drug-likeness (QED) is 0.822. The van der Waals surface area contributed by atoms with Crippen LogP contribution in [0.15, 0.2) is 18.3 Å². The van der Waals surface area contributed by atoms with Crippen LogP contribution in [0, 0.1) is 5.82 Å². The third kappa shape index (κ3) is 4.34. The molecule has 1 heterocycles. The fraction of sp³-hybridized carbons (Fsp3) is 0.583. The lowest BCUT2D eigenvalue weighted by atomic mass is 10.1. The Labute approximate surface area is 108 Å². The van der Waals surface area contributed by atoms with Crippen molar-refractivity contribution in [3.8, 4) is 0 Å². The van der Waals surface area contributed by atoms with E-state index in [0.29, 0.717) is 18.5 Å². The molecule has 0 bridgehead atoms. The lowest BCUT2D eigenvalue weighted by Gasteiger charge is -2.15. The lowest BCUT2D eigenvalue weighted by Crippen LogP contribution is -2.20. The molecule has 0 aromatic carbocycles. The highest BCUT2D eigenvalue weighted by Gasteiger charge is 2.16. The molecule has 0 fully saturated rings. The van der Waals surface area contributed by atoms with Crippen LogP contribution in [-0.2, 0) is 9.84 Å². The zero-order valence-electron chi connectivity index (χ0n) is 10.7. The number of halogens is 1. The van der Waals surface area contributed by atoms with Crippen molar-refractivity contribution in [3.63, 3.8) is 0 Å². The Morgan fingerprint density at radius 1 is 1.50 bits per heavy atom. The van der Waals surface area contributed by atoms with Gasteiger partial charge in [0, 0.05) is 11.9 Å². The first-order valence-corrected chi connectivity index (χ1v) is 7.80. The maximum absolute atomic E-state index is 13.5. The fourth-order valence-corrected chi connectivity index (χ4v) is 2.62. The normalized spacial score (nSPS) is 13.5. The van der Waals surface area contributed by atoms with Gasteiger partial charge in [-0.25, -0.2) is 12.8 Å². The van der Waals surface area contributed by atoms with Gasteiger partial charge in [0.05, 0.1) is 17.5 Å². The summed E-state index contributed by atoms with van der Waals surface area (Å²) in [6, 6.07) is 2.64. The minimum absolute atomic E-state index is 0.135. The van der Waals surface area contributed by atoms with E-state index in [1.54, 1.807) is 14.0 Å². The number of sulfone groups is 1. The number of hydrogen-bond acceptors (Lipinski definition) is 4. The molecular formula is C12H19FN2O2S.